The summed E-state index contributed by atoms with van der Waals surface area (Å²) < 4.78 is 13.1. The van der Waals surface area contributed by atoms with Crippen molar-refractivity contribution in [1.82, 2.24) is 5.32 Å². The highest BCUT2D eigenvalue weighted by Crippen LogP contribution is 2.20. The minimum Gasteiger partial charge on any atom is -0.293 e. The summed E-state index contributed by atoms with van der Waals surface area (Å²) in [5.74, 6) is -3.03. The van der Waals surface area contributed by atoms with Crippen molar-refractivity contribution in [3.05, 3.63) is 30.1 Å². The number of carbonyl (C=O) groups is 3. The summed E-state index contributed by atoms with van der Waals surface area (Å²) >= 11 is 0. The number of hydrogen-bond acceptors (Lipinski definition) is 4. The molecule has 140 valence electrons. The molecule has 1 saturated heterocycles. The predicted molar refractivity (Wildman–Crippen MR) is 97.6 cm³/mol. The first-order chi connectivity index (χ1) is 12.4. The number of aliphatic imine (C=N–C) groups is 1. The molecule has 1 heterocycles. The van der Waals surface area contributed by atoms with E-state index in [-0.39, 0.29) is 11.7 Å². The lowest BCUT2D eigenvalue weighted by Gasteiger charge is -2.28. The third kappa shape index (κ3) is 4.97. The van der Waals surface area contributed by atoms with Crippen molar-refractivity contribution < 1.29 is 18.8 Å². The first-order valence-corrected chi connectivity index (χ1v) is 8.91. The Hall–Kier alpha value is -2.57. The van der Waals surface area contributed by atoms with Crippen molar-refractivity contribution >= 4 is 29.7 Å². The zero-order chi connectivity index (χ0) is 19.1. The number of anilines is 1. The number of barbiturate groups is 1. The number of nitrogens with zero attached hydrogens (tertiary/aromatic N) is 2. The van der Waals surface area contributed by atoms with Crippen LogP contribution in [0.15, 0.2) is 29.3 Å². The fraction of sp³-hybridized carbons (Fsp3) is 0.474. The van der Waals surface area contributed by atoms with Gasteiger partial charge in [0.05, 0.1) is 5.69 Å². The van der Waals surface area contributed by atoms with Crippen molar-refractivity contribution in [2.45, 2.75) is 52.0 Å². The van der Waals surface area contributed by atoms with Crippen LogP contribution in [0.5, 0.6) is 0 Å². The first-order valence-electron chi connectivity index (χ1n) is 8.91. The maximum absolute atomic E-state index is 13.1. The van der Waals surface area contributed by atoms with Gasteiger partial charge in [0.1, 0.15) is 5.82 Å². The molecule has 26 heavy (non-hydrogen) atoms. The van der Waals surface area contributed by atoms with Crippen LogP contribution in [0, 0.1) is 11.7 Å². The lowest BCUT2D eigenvalue weighted by molar-refractivity contribution is -0.131. The van der Waals surface area contributed by atoms with Gasteiger partial charge >= 0.3 is 6.03 Å². The van der Waals surface area contributed by atoms with Gasteiger partial charge in [-0.05, 0) is 37.6 Å². The molecule has 0 bridgehead atoms. The Morgan fingerprint density at radius 3 is 2.54 bits per heavy atom. The Bertz CT molecular complexity index is 688. The predicted octanol–water partition coefficient (Wildman–Crippen LogP) is 3.45. The van der Waals surface area contributed by atoms with Crippen LogP contribution in [0.1, 0.15) is 46.0 Å². The number of urea groups is 1. The molecule has 7 heteroatoms. The number of carbonyl (C=O) groups excluding carboxylic acids is 3. The van der Waals surface area contributed by atoms with Crippen LogP contribution in [-0.2, 0) is 9.59 Å². The molecule has 4 amide bonds. The molecule has 1 N–H and O–H groups in total. The minimum absolute atomic E-state index is 0.00986. The SMILES string of the molecule is CCCCCC[C@@H](C)N=CC1C(=O)NC(=O)N(c2ccc(F)cc2)C1=O. The summed E-state index contributed by atoms with van der Waals surface area (Å²) in [7, 11) is 0. The molecule has 2 rings (SSSR count). The van der Waals surface area contributed by atoms with E-state index in [9.17, 15) is 18.8 Å². The summed E-state index contributed by atoms with van der Waals surface area (Å²) in [4.78, 5) is 41.8. The van der Waals surface area contributed by atoms with E-state index < -0.39 is 29.6 Å². The molecule has 0 aliphatic carbocycles. The average molecular weight is 361 g/mol. The minimum atomic E-state index is -1.17. The highest BCUT2D eigenvalue weighted by Gasteiger charge is 2.40. The lowest BCUT2D eigenvalue weighted by Crippen LogP contribution is -2.58. The van der Waals surface area contributed by atoms with Gasteiger partial charge in [-0.2, -0.15) is 0 Å². The third-order valence-electron chi connectivity index (χ3n) is 4.25. The molecule has 1 aromatic carbocycles. The molecule has 0 saturated carbocycles. The van der Waals surface area contributed by atoms with E-state index in [1.54, 1.807) is 0 Å². The molecule has 0 radical (unpaired) electrons. The number of amides is 4. The van der Waals surface area contributed by atoms with E-state index in [1.165, 1.54) is 24.8 Å². The number of imide groups is 2. The molecule has 2 atom stereocenters. The molecule has 0 spiro atoms. The second kappa shape index (κ2) is 9.22. The molecule has 1 fully saturated rings. The summed E-state index contributed by atoms with van der Waals surface area (Å²) in [6.07, 6.45) is 6.69. The average Bonchev–Trinajstić information content (AvgIpc) is 2.60. The molecule has 1 aliphatic rings. The number of nitrogens with one attached hydrogen (secondary N) is 1. The van der Waals surface area contributed by atoms with Gasteiger partial charge in [-0.3, -0.25) is 19.9 Å². The van der Waals surface area contributed by atoms with Crippen molar-refractivity contribution in [3.8, 4) is 0 Å². The number of rotatable bonds is 8. The zero-order valence-electron chi connectivity index (χ0n) is 15.1. The summed E-state index contributed by atoms with van der Waals surface area (Å²) in [6.45, 7) is 4.07. The lowest BCUT2D eigenvalue weighted by atomic mass is 10.0. The molecular formula is C19H24FN3O3. The molecule has 1 unspecified atom stereocenters. The van der Waals surface area contributed by atoms with E-state index in [1.807, 2.05) is 6.92 Å². The maximum Gasteiger partial charge on any atom is 0.335 e. The molecule has 1 aliphatic heterocycles. The van der Waals surface area contributed by atoms with E-state index in [0.717, 1.165) is 42.7 Å². The van der Waals surface area contributed by atoms with Crippen molar-refractivity contribution in [1.29, 1.82) is 0 Å². The third-order valence-corrected chi connectivity index (χ3v) is 4.25. The normalized spacial score (nSPS) is 19.1. The van der Waals surface area contributed by atoms with Gasteiger partial charge in [0.25, 0.3) is 5.91 Å². The number of unbranched alkanes of at least 4 members (excludes halogenated alkanes) is 3. The standard InChI is InChI=1S/C19H24FN3O3/c1-3-4-5-6-7-13(2)21-12-16-17(24)22-19(26)23(18(16)25)15-10-8-14(20)9-11-15/h8-13,16H,3-7H2,1-2H3,(H,22,24,26)/t13-,16?/m1/s1. The van der Waals surface area contributed by atoms with Crippen molar-refractivity contribution in [2.75, 3.05) is 4.90 Å². The Morgan fingerprint density at radius 1 is 1.19 bits per heavy atom. The first kappa shape index (κ1) is 19.8. The van der Waals surface area contributed by atoms with Gasteiger partial charge in [0, 0.05) is 12.3 Å². The van der Waals surface area contributed by atoms with Gasteiger partial charge in [-0.15, -0.1) is 0 Å². The molecule has 1 aromatic rings. The van der Waals surface area contributed by atoms with Gasteiger partial charge in [-0.1, -0.05) is 32.6 Å². The second-order valence-corrected chi connectivity index (χ2v) is 6.42. The zero-order valence-corrected chi connectivity index (χ0v) is 15.1. The van der Waals surface area contributed by atoms with Crippen LogP contribution in [0.2, 0.25) is 0 Å². The van der Waals surface area contributed by atoms with Crippen LogP contribution in [0.25, 0.3) is 0 Å². The Labute approximate surface area is 152 Å². The number of halogens is 1. The largest absolute Gasteiger partial charge is 0.335 e. The fourth-order valence-corrected chi connectivity index (χ4v) is 2.73. The monoisotopic (exact) mass is 361 g/mol. The summed E-state index contributed by atoms with van der Waals surface area (Å²) in [6, 6.07) is 4.07. The van der Waals surface area contributed by atoms with Crippen LogP contribution in [0.3, 0.4) is 0 Å². The topological polar surface area (TPSA) is 78.8 Å². The van der Waals surface area contributed by atoms with Crippen molar-refractivity contribution in [3.63, 3.8) is 0 Å². The van der Waals surface area contributed by atoms with E-state index in [4.69, 9.17) is 0 Å². The maximum atomic E-state index is 13.1. The Kier molecular flexibility index (Phi) is 7.00. The van der Waals surface area contributed by atoms with Gasteiger partial charge < -0.3 is 0 Å². The van der Waals surface area contributed by atoms with Crippen LogP contribution in [-0.4, -0.2) is 30.1 Å². The number of hydrogen-bond donors (Lipinski definition) is 1. The smallest absolute Gasteiger partial charge is 0.293 e. The highest BCUT2D eigenvalue weighted by molar-refractivity contribution is 6.32. The Morgan fingerprint density at radius 2 is 1.88 bits per heavy atom. The van der Waals surface area contributed by atoms with Crippen LogP contribution in [0.4, 0.5) is 14.9 Å². The fourth-order valence-electron chi connectivity index (χ4n) is 2.73. The Balaban J connectivity index is 2.06. The van der Waals surface area contributed by atoms with E-state index in [0.29, 0.717) is 0 Å². The highest BCUT2D eigenvalue weighted by atomic mass is 19.1. The molecular weight excluding hydrogens is 337 g/mol. The van der Waals surface area contributed by atoms with Gasteiger partial charge in [0.15, 0.2) is 5.92 Å². The second-order valence-electron chi connectivity index (χ2n) is 6.42. The summed E-state index contributed by atoms with van der Waals surface area (Å²) in [5, 5.41) is 2.15. The van der Waals surface area contributed by atoms with Gasteiger partial charge in [-0.25, -0.2) is 14.1 Å². The quantitative estimate of drug-likeness (QED) is 0.437. The van der Waals surface area contributed by atoms with E-state index in [2.05, 4.69) is 17.2 Å². The van der Waals surface area contributed by atoms with Gasteiger partial charge in [0.2, 0.25) is 5.91 Å². The molecule has 6 nitrogen and oxygen atoms in total. The molecule has 0 aromatic heterocycles. The van der Waals surface area contributed by atoms with E-state index >= 15 is 0 Å². The van der Waals surface area contributed by atoms with Crippen LogP contribution < -0.4 is 10.2 Å². The number of benzene rings is 1. The van der Waals surface area contributed by atoms with Crippen LogP contribution >= 0.6 is 0 Å². The van der Waals surface area contributed by atoms with Crippen molar-refractivity contribution in [2.24, 2.45) is 10.9 Å². The summed E-state index contributed by atoms with van der Waals surface area (Å²) in [5.41, 5.74) is 0.201.